The molecule has 16 heavy (non-hydrogen) atoms. The van der Waals surface area contributed by atoms with E-state index in [0.717, 1.165) is 24.2 Å². The highest BCUT2D eigenvalue weighted by molar-refractivity contribution is 9.10. The smallest absolute Gasteiger partial charge is 0.106 e. The number of pyridine rings is 1. The van der Waals surface area contributed by atoms with Crippen LogP contribution in [0.3, 0.4) is 0 Å². The van der Waals surface area contributed by atoms with Crippen molar-refractivity contribution in [3.05, 3.63) is 28.5 Å². The second kappa shape index (κ2) is 5.75. The summed E-state index contributed by atoms with van der Waals surface area (Å²) >= 11 is 3.40. The SMILES string of the molecule is NC[C@@H]1CCCN(Cc2ccnc(Br)c2)C1. The lowest BCUT2D eigenvalue weighted by Gasteiger charge is -2.32. The first kappa shape index (κ1) is 12.0. The molecule has 0 aliphatic carbocycles. The number of nitrogens with zero attached hydrogens (tertiary/aromatic N) is 2. The van der Waals surface area contributed by atoms with Crippen LogP contribution in [0.15, 0.2) is 22.9 Å². The summed E-state index contributed by atoms with van der Waals surface area (Å²) in [5.41, 5.74) is 7.06. The lowest BCUT2D eigenvalue weighted by Crippen LogP contribution is -2.37. The standard InChI is InChI=1S/C12H18BrN3/c13-12-6-10(3-4-15-12)8-16-5-1-2-11(7-14)9-16/h3-4,6,11H,1-2,5,7-9,14H2/t11-/m0/s1. The molecular weight excluding hydrogens is 266 g/mol. The summed E-state index contributed by atoms with van der Waals surface area (Å²) in [7, 11) is 0. The van der Waals surface area contributed by atoms with Gasteiger partial charge in [-0.15, -0.1) is 0 Å². The van der Waals surface area contributed by atoms with E-state index in [0.29, 0.717) is 5.92 Å². The van der Waals surface area contributed by atoms with Gasteiger partial charge in [0.25, 0.3) is 0 Å². The van der Waals surface area contributed by atoms with Crippen LogP contribution in [0.25, 0.3) is 0 Å². The molecule has 0 amide bonds. The lowest BCUT2D eigenvalue weighted by atomic mass is 9.98. The van der Waals surface area contributed by atoms with Crippen LogP contribution < -0.4 is 5.73 Å². The average Bonchev–Trinajstić information content (AvgIpc) is 2.29. The van der Waals surface area contributed by atoms with E-state index in [1.165, 1.54) is 24.9 Å². The highest BCUT2D eigenvalue weighted by Gasteiger charge is 2.18. The van der Waals surface area contributed by atoms with E-state index < -0.39 is 0 Å². The van der Waals surface area contributed by atoms with E-state index in [9.17, 15) is 0 Å². The number of nitrogens with two attached hydrogens (primary N) is 1. The first-order valence-corrected chi connectivity index (χ1v) is 6.60. The van der Waals surface area contributed by atoms with Crippen LogP contribution in [0.2, 0.25) is 0 Å². The third-order valence-corrected chi connectivity index (χ3v) is 3.57. The molecule has 1 atom stereocenters. The second-order valence-corrected chi connectivity index (χ2v) is 5.28. The van der Waals surface area contributed by atoms with Crippen molar-refractivity contribution in [1.82, 2.24) is 9.88 Å². The largest absolute Gasteiger partial charge is 0.330 e. The highest BCUT2D eigenvalue weighted by atomic mass is 79.9. The quantitative estimate of drug-likeness (QED) is 0.863. The topological polar surface area (TPSA) is 42.1 Å². The van der Waals surface area contributed by atoms with Crippen LogP contribution in [0.1, 0.15) is 18.4 Å². The molecule has 1 aromatic heterocycles. The molecule has 0 bridgehead atoms. The summed E-state index contributed by atoms with van der Waals surface area (Å²) < 4.78 is 0.914. The van der Waals surface area contributed by atoms with Crippen molar-refractivity contribution in [2.45, 2.75) is 19.4 Å². The summed E-state index contributed by atoms with van der Waals surface area (Å²) in [6, 6.07) is 4.17. The summed E-state index contributed by atoms with van der Waals surface area (Å²) in [4.78, 5) is 6.63. The number of hydrogen-bond donors (Lipinski definition) is 1. The Morgan fingerprint density at radius 2 is 2.44 bits per heavy atom. The van der Waals surface area contributed by atoms with Gasteiger partial charge < -0.3 is 5.73 Å². The number of aromatic nitrogens is 1. The minimum Gasteiger partial charge on any atom is -0.330 e. The van der Waals surface area contributed by atoms with E-state index in [1.807, 2.05) is 6.20 Å². The van der Waals surface area contributed by atoms with E-state index in [4.69, 9.17) is 5.73 Å². The minimum atomic E-state index is 0.680. The fraction of sp³-hybridized carbons (Fsp3) is 0.583. The summed E-state index contributed by atoms with van der Waals surface area (Å²) in [5.74, 6) is 0.680. The van der Waals surface area contributed by atoms with Gasteiger partial charge in [0.05, 0.1) is 0 Å². The van der Waals surface area contributed by atoms with Crippen molar-refractivity contribution in [3.8, 4) is 0 Å². The first-order chi connectivity index (χ1) is 7.78. The summed E-state index contributed by atoms with van der Waals surface area (Å²) in [5, 5.41) is 0. The zero-order chi connectivity index (χ0) is 11.4. The molecule has 0 saturated carbocycles. The monoisotopic (exact) mass is 283 g/mol. The molecule has 4 heteroatoms. The normalized spacial score (nSPS) is 22.2. The summed E-state index contributed by atoms with van der Waals surface area (Å²) in [6.45, 7) is 4.15. The van der Waals surface area contributed by atoms with Crippen LogP contribution in [0, 0.1) is 5.92 Å². The van der Waals surface area contributed by atoms with Gasteiger partial charge in [-0.25, -0.2) is 4.98 Å². The molecule has 2 N–H and O–H groups in total. The van der Waals surface area contributed by atoms with Gasteiger partial charge in [-0.05, 0) is 65.5 Å². The van der Waals surface area contributed by atoms with Crippen molar-refractivity contribution >= 4 is 15.9 Å². The number of likely N-dealkylation sites (tertiary alicyclic amines) is 1. The molecule has 0 spiro atoms. The molecule has 0 aromatic carbocycles. The molecule has 0 radical (unpaired) electrons. The van der Waals surface area contributed by atoms with Gasteiger partial charge in [0.15, 0.2) is 0 Å². The molecular formula is C12H18BrN3. The Bertz CT molecular complexity index is 343. The van der Waals surface area contributed by atoms with E-state index in [1.54, 1.807) is 0 Å². The van der Waals surface area contributed by atoms with Crippen LogP contribution >= 0.6 is 15.9 Å². The molecule has 2 rings (SSSR count). The molecule has 1 saturated heterocycles. The molecule has 1 aliphatic rings. The van der Waals surface area contributed by atoms with Crippen LogP contribution in [-0.4, -0.2) is 29.5 Å². The minimum absolute atomic E-state index is 0.680. The maximum atomic E-state index is 5.74. The van der Waals surface area contributed by atoms with Gasteiger partial charge in [0.1, 0.15) is 4.60 Å². The van der Waals surface area contributed by atoms with Crippen molar-refractivity contribution in [2.75, 3.05) is 19.6 Å². The van der Waals surface area contributed by atoms with Crippen LogP contribution in [0.5, 0.6) is 0 Å². The van der Waals surface area contributed by atoms with E-state index in [-0.39, 0.29) is 0 Å². The van der Waals surface area contributed by atoms with Gasteiger partial charge in [-0.3, -0.25) is 4.90 Å². The third-order valence-electron chi connectivity index (χ3n) is 3.13. The molecule has 3 nitrogen and oxygen atoms in total. The average molecular weight is 284 g/mol. The third kappa shape index (κ3) is 3.27. The molecule has 88 valence electrons. The van der Waals surface area contributed by atoms with Gasteiger partial charge in [0.2, 0.25) is 0 Å². The first-order valence-electron chi connectivity index (χ1n) is 5.81. The highest BCUT2D eigenvalue weighted by Crippen LogP contribution is 2.18. The van der Waals surface area contributed by atoms with Crippen molar-refractivity contribution in [2.24, 2.45) is 11.7 Å². The van der Waals surface area contributed by atoms with Crippen LogP contribution in [-0.2, 0) is 6.54 Å². The molecule has 0 unspecified atom stereocenters. The zero-order valence-electron chi connectivity index (χ0n) is 9.40. The number of halogens is 1. The predicted molar refractivity (Wildman–Crippen MR) is 69.0 cm³/mol. The summed E-state index contributed by atoms with van der Waals surface area (Å²) in [6.07, 6.45) is 4.41. The fourth-order valence-corrected chi connectivity index (χ4v) is 2.70. The molecule has 1 aliphatic heterocycles. The Morgan fingerprint density at radius 1 is 1.56 bits per heavy atom. The molecule has 1 fully saturated rings. The second-order valence-electron chi connectivity index (χ2n) is 4.47. The molecule has 1 aromatic rings. The Balaban J connectivity index is 1.94. The van der Waals surface area contributed by atoms with E-state index in [2.05, 4.69) is 37.9 Å². The van der Waals surface area contributed by atoms with Gasteiger partial charge in [0, 0.05) is 19.3 Å². The fourth-order valence-electron chi connectivity index (χ4n) is 2.29. The Hall–Kier alpha value is -0.450. The van der Waals surface area contributed by atoms with Gasteiger partial charge in [-0.2, -0.15) is 0 Å². The van der Waals surface area contributed by atoms with Crippen molar-refractivity contribution in [3.63, 3.8) is 0 Å². The maximum absolute atomic E-state index is 5.74. The Kier molecular flexibility index (Phi) is 4.32. The van der Waals surface area contributed by atoms with Crippen molar-refractivity contribution < 1.29 is 0 Å². The Morgan fingerprint density at radius 3 is 3.19 bits per heavy atom. The zero-order valence-corrected chi connectivity index (χ0v) is 11.0. The van der Waals surface area contributed by atoms with E-state index >= 15 is 0 Å². The van der Waals surface area contributed by atoms with Crippen molar-refractivity contribution in [1.29, 1.82) is 0 Å². The lowest BCUT2D eigenvalue weighted by molar-refractivity contribution is 0.171. The van der Waals surface area contributed by atoms with Gasteiger partial charge >= 0.3 is 0 Å². The number of rotatable bonds is 3. The maximum Gasteiger partial charge on any atom is 0.106 e. The Labute approximate surface area is 105 Å². The number of hydrogen-bond acceptors (Lipinski definition) is 3. The number of piperidine rings is 1. The van der Waals surface area contributed by atoms with Crippen LogP contribution in [0.4, 0.5) is 0 Å². The van der Waals surface area contributed by atoms with Gasteiger partial charge in [-0.1, -0.05) is 0 Å². The molecule has 2 heterocycles. The predicted octanol–water partition coefficient (Wildman–Crippen LogP) is 2.01.